The molecule has 0 spiro atoms. The van der Waals surface area contributed by atoms with Crippen molar-refractivity contribution in [2.75, 3.05) is 0 Å². The van der Waals surface area contributed by atoms with Gasteiger partial charge in [0, 0.05) is 12.1 Å². The molecular formula is C14H27N. The minimum Gasteiger partial charge on any atom is -0.311 e. The minimum absolute atomic E-state index is 0.611. The first kappa shape index (κ1) is 11.4. The summed E-state index contributed by atoms with van der Waals surface area (Å²) in [5, 5.41) is 3.91. The first-order valence-electron chi connectivity index (χ1n) is 6.83. The van der Waals surface area contributed by atoms with Gasteiger partial charge >= 0.3 is 0 Å². The molecule has 0 saturated heterocycles. The van der Waals surface area contributed by atoms with Crippen LogP contribution in [0.1, 0.15) is 65.7 Å². The van der Waals surface area contributed by atoms with E-state index in [4.69, 9.17) is 0 Å². The lowest BCUT2D eigenvalue weighted by Gasteiger charge is -2.36. The number of nitrogens with one attached hydrogen (secondary N) is 1. The van der Waals surface area contributed by atoms with Gasteiger partial charge in [-0.25, -0.2) is 0 Å². The number of rotatable bonds is 2. The molecule has 2 unspecified atom stereocenters. The van der Waals surface area contributed by atoms with Gasteiger partial charge in [-0.2, -0.15) is 0 Å². The van der Waals surface area contributed by atoms with Crippen LogP contribution in [0.2, 0.25) is 0 Å². The molecule has 0 bridgehead atoms. The van der Waals surface area contributed by atoms with Crippen molar-refractivity contribution in [1.29, 1.82) is 0 Å². The Morgan fingerprint density at radius 3 is 2.20 bits per heavy atom. The predicted octanol–water partition coefficient (Wildman–Crippen LogP) is 3.73. The molecule has 0 amide bonds. The summed E-state index contributed by atoms with van der Waals surface area (Å²) in [6.45, 7) is 7.25. The van der Waals surface area contributed by atoms with Crippen LogP contribution in [0.3, 0.4) is 0 Å². The summed E-state index contributed by atoms with van der Waals surface area (Å²) in [7, 11) is 0. The zero-order valence-corrected chi connectivity index (χ0v) is 10.7. The fourth-order valence-corrected chi connectivity index (χ4v) is 3.26. The second kappa shape index (κ2) is 4.45. The van der Waals surface area contributed by atoms with E-state index in [1.54, 1.807) is 0 Å². The maximum Gasteiger partial charge on any atom is 0.00952 e. The van der Waals surface area contributed by atoms with Crippen LogP contribution in [0.25, 0.3) is 0 Å². The van der Waals surface area contributed by atoms with E-state index in [-0.39, 0.29) is 0 Å². The Bertz CT molecular complexity index is 199. The molecule has 2 atom stereocenters. The Hall–Kier alpha value is -0.0400. The van der Waals surface area contributed by atoms with Crippen molar-refractivity contribution in [2.24, 2.45) is 11.3 Å². The zero-order chi connectivity index (χ0) is 10.9. The molecule has 0 aromatic carbocycles. The highest BCUT2D eigenvalue weighted by molar-refractivity contribution is 4.87. The highest BCUT2D eigenvalue weighted by Gasteiger charge is 2.30. The van der Waals surface area contributed by atoms with Gasteiger partial charge in [-0.1, -0.05) is 27.2 Å². The fourth-order valence-electron chi connectivity index (χ4n) is 3.26. The van der Waals surface area contributed by atoms with E-state index >= 15 is 0 Å². The molecule has 88 valence electrons. The third-order valence-electron chi connectivity index (χ3n) is 4.65. The third-order valence-corrected chi connectivity index (χ3v) is 4.65. The van der Waals surface area contributed by atoms with Crippen molar-refractivity contribution in [2.45, 2.75) is 77.8 Å². The Labute approximate surface area is 95.0 Å². The third kappa shape index (κ3) is 2.96. The highest BCUT2D eigenvalue weighted by atomic mass is 15.0. The molecule has 2 aliphatic carbocycles. The van der Waals surface area contributed by atoms with Gasteiger partial charge in [-0.15, -0.1) is 0 Å². The second-order valence-corrected chi connectivity index (χ2v) is 6.62. The molecule has 15 heavy (non-hydrogen) atoms. The molecule has 0 aliphatic heterocycles. The topological polar surface area (TPSA) is 12.0 Å². The lowest BCUT2D eigenvalue weighted by molar-refractivity contribution is 0.192. The summed E-state index contributed by atoms with van der Waals surface area (Å²) in [4.78, 5) is 0. The minimum atomic E-state index is 0.611. The summed E-state index contributed by atoms with van der Waals surface area (Å²) in [6.07, 6.45) is 9.91. The average Bonchev–Trinajstić information content (AvgIpc) is 2.56. The van der Waals surface area contributed by atoms with Crippen molar-refractivity contribution in [1.82, 2.24) is 5.32 Å². The normalized spacial score (nSPS) is 37.0. The standard InChI is InChI=1S/C14H27N/c1-11-5-4-6-13(11)15-12-7-9-14(2,3)10-8-12/h11-13,15H,4-10H2,1-3H3. The maximum atomic E-state index is 3.91. The van der Waals surface area contributed by atoms with E-state index in [9.17, 15) is 0 Å². The van der Waals surface area contributed by atoms with Crippen molar-refractivity contribution < 1.29 is 0 Å². The molecule has 1 nitrogen and oxygen atoms in total. The van der Waals surface area contributed by atoms with E-state index in [1.165, 1.54) is 44.9 Å². The van der Waals surface area contributed by atoms with Crippen molar-refractivity contribution >= 4 is 0 Å². The number of hydrogen-bond donors (Lipinski definition) is 1. The fraction of sp³-hybridized carbons (Fsp3) is 1.00. The molecule has 0 aromatic rings. The average molecular weight is 209 g/mol. The maximum absolute atomic E-state index is 3.91. The second-order valence-electron chi connectivity index (χ2n) is 6.62. The van der Waals surface area contributed by atoms with Crippen LogP contribution in [0, 0.1) is 11.3 Å². The summed E-state index contributed by atoms with van der Waals surface area (Å²) in [6, 6.07) is 1.65. The lowest BCUT2D eigenvalue weighted by Crippen LogP contribution is -2.42. The van der Waals surface area contributed by atoms with Crippen LogP contribution in [0.15, 0.2) is 0 Å². The molecular weight excluding hydrogens is 182 g/mol. The Balaban J connectivity index is 1.77. The van der Waals surface area contributed by atoms with Gasteiger partial charge in [-0.3, -0.25) is 0 Å². The first-order valence-corrected chi connectivity index (χ1v) is 6.83. The SMILES string of the molecule is CC1CCCC1NC1CCC(C)(C)CC1. The van der Waals surface area contributed by atoms with Gasteiger partial charge in [0.1, 0.15) is 0 Å². The molecule has 0 aromatic heterocycles. The smallest absolute Gasteiger partial charge is 0.00952 e. The quantitative estimate of drug-likeness (QED) is 0.730. The van der Waals surface area contributed by atoms with Crippen molar-refractivity contribution in [3.63, 3.8) is 0 Å². The van der Waals surface area contributed by atoms with Gasteiger partial charge < -0.3 is 5.32 Å². The molecule has 2 rings (SSSR count). The zero-order valence-electron chi connectivity index (χ0n) is 10.7. The molecule has 1 N–H and O–H groups in total. The lowest BCUT2D eigenvalue weighted by atomic mass is 9.75. The number of hydrogen-bond acceptors (Lipinski definition) is 1. The van der Waals surface area contributed by atoms with E-state index < -0.39 is 0 Å². The van der Waals surface area contributed by atoms with Gasteiger partial charge in [0.2, 0.25) is 0 Å². The van der Waals surface area contributed by atoms with Crippen LogP contribution in [-0.4, -0.2) is 12.1 Å². The van der Waals surface area contributed by atoms with Crippen LogP contribution in [-0.2, 0) is 0 Å². The van der Waals surface area contributed by atoms with Gasteiger partial charge in [0.05, 0.1) is 0 Å². The molecule has 2 aliphatic rings. The highest BCUT2D eigenvalue weighted by Crippen LogP contribution is 2.36. The van der Waals surface area contributed by atoms with E-state index in [0.717, 1.165) is 18.0 Å². The Morgan fingerprint density at radius 2 is 1.67 bits per heavy atom. The summed E-state index contributed by atoms with van der Waals surface area (Å²) >= 11 is 0. The van der Waals surface area contributed by atoms with E-state index in [2.05, 4.69) is 26.1 Å². The first-order chi connectivity index (χ1) is 7.07. The van der Waals surface area contributed by atoms with Crippen molar-refractivity contribution in [3.8, 4) is 0 Å². The van der Waals surface area contributed by atoms with Crippen LogP contribution in [0.5, 0.6) is 0 Å². The van der Waals surface area contributed by atoms with Gasteiger partial charge in [0.15, 0.2) is 0 Å². The van der Waals surface area contributed by atoms with E-state index in [1.807, 2.05) is 0 Å². The molecule has 0 heterocycles. The van der Waals surface area contributed by atoms with E-state index in [0.29, 0.717) is 5.41 Å². The summed E-state index contributed by atoms with van der Waals surface area (Å²) in [5.74, 6) is 0.917. The van der Waals surface area contributed by atoms with Gasteiger partial charge in [-0.05, 0) is 49.9 Å². The molecule has 2 saturated carbocycles. The van der Waals surface area contributed by atoms with Crippen LogP contribution < -0.4 is 5.32 Å². The molecule has 2 fully saturated rings. The molecule has 1 heteroatoms. The monoisotopic (exact) mass is 209 g/mol. The summed E-state index contributed by atoms with van der Waals surface area (Å²) in [5.41, 5.74) is 0.611. The predicted molar refractivity (Wildman–Crippen MR) is 66.0 cm³/mol. The van der Waals surface area contributed by atoms with Gasteiger partial charge in [0.25, 0.3) is 0 Å². The largest absolute Gasteiger partial charge is 0.311 e. The Morgan fingerprint density at radius 1 is 1.00 bits per heavy atom. The summed E-state index contributed by atoms with van der Waals surface area (Å²) < 4.78 is 0. The van der Waals surface area contributed by atoms with Crippen LogP contribution >= 0.6 is 0 Å². The molecule has 0 radical (unpaired) electrons. The van der Waals surface area contributed by atoms with Crippen LogP contribution in [0.4, 0.5) is 0 Å². The Kier molecular flexibility index (Phi) is 3.39. The van der Waals surface area contributed by atoms with Crippen molar-refractivity contribution in [3.05, 3.63) is 0 Å².